The summed E-state index contributed by atoms with van der Waals surface area (Å²) in [5.41, 5.74) is 2.19. The van der Waals surface area contributed by atoms with Crippen LogP contribution in [0.1, 0.15) is 12.6 Å². The second-order valence-electron chi connectivity index (χ2n) is 4.61. The topological polar surface area (TPSA) is 29.3 Å². The molecule has 0 amide bonds. The molecule has 0 radical (unpaired) electrons. The van der Waals surface area contributed by atoms with E-state index >= 15 is 0 Å². The average Bonchev–Trinajstić information content (AvgIpc) is 2.85. The van der Waals surface area contributed by atoms with Gasteiger partial charge >= 0.3 is 0 Å². The number of pyridine rings is 1. The third-order valence-electron chi connectivity index (χ3n) is 3.18. The van der Waals surface area contributed by atoms with Crippen molar-refractivity contribution >= 4 is 33.3 Å². The third-order valence-corrected chi connectivity index (χ3v) is 5.23. The molecule has 0 spiro atoms. The van der Waals surface area contributed by atoms with Gasteiger partial charge in [-0.2, -0.15) is 0 Å². The van der Waals surface area contributed by atoms with E-state index in [0.717, 1.165) is 28.2 Å². The normalized spacial score (nSPS) is 11.1. The summed E-state index contributed by atoms with van der Waals surface area (Å²) in [4.78, 5) is 5.95. The fraction of sp³-hybridized carbons (Fsp3) is 0.188. The second-order valence-corrected chi connectivity index (χ2v) is 6.49. The van der Waals surface area contributed by atoms with Crippen LogP contribution in [0.3, 0.4) is 0 Å². The summed E-state index contributed by atoms with van der Waals surface area (Å²) in [6, 6.07) is 14.3. The van der Waals surface area contributed by atoms with Gasteiger partial charge in [-0.25, -0.2) is 4.98 Å². The highest BCUT2D eigenvalue weighted by molar-refractivity contribution is 9.10. The summed E-state index contributed by atoms with van der Waals surface area (Å²) in [6.07, 6.45) is 2.07. The monoisotopic (exact) mass is 361 g/mol. The molecule has 0 fully saturated rings. The Hall–Kier alpha value is -1.30. The Morgan fingerprint density at radius 1 is 1.19 bits per heavy atom. The first-order valence-corrected chi connectivity index (χ1v) is 8.49. The van der Waals surface area contributed by atoms with Crippen molar-refractivity contribution in [1.82, 2.24) is 14.7 Å². The molecule has 3 rings (SSSR count). The van der Waals surface area contributed by atoms with E-state index in [4.69, 9.17) is 4.98 Å². The van der Waals surface area contributed by atoms with E-state index in [1.807, 2.05) is 30.3 Å². The van der Waals surface area contributed by atoms with Crippen molar-refractivity contribution in [2.45, 2.75) is 23.4 Å². The lowest BCUT2D eigenvalue weighted by atomic mass is 10.4. The third kappa shape index (κ3) is 3.15. The molecule has 0 aliphatic rings. The van der Waals surface area contributed by atoms with Crippen LogP contribution < -0.4 is 5.32 Å². The Bertz CT molecular complexity index is 754. The molecule has 108 valence electrons. The molecule has 2 heterocycles. The van der Waals surface area contributed by atoms with Crippen LogP contribution in [0.25, 0.3) is 5.65 Å². The number of halogens is 1. The maximum absolute atomic E-state index is 4.77. The molecular weight excluding hydrogens is 346 g/mol. The van der Waals surface area contributed by atoms with Gasteiger partial charge in [-0.1, -0.05) is 36.9 Å². The molecular formula is C16H16BrN3S. The number of aromatic nitrogens is 2. The van der Waals surface area contributed by atoms with Gasteiger partial charge in [0.25, 0.3) is 0 Å². The van der Waals surface area contributed by atoms with Gasteiger partial charge in [0.2, 0.25) is 0 Å². The van der Waals surface area contributed by atoms with E-state index in [9.17, 15) is 0 Å². The van der Waals surface area contributed by atoms with Crippen LogP contribution in [0.5, 0.6) is 0 Å². The van der Waals surface area contributed by atoms with E-state index in [2.05, 4.69) is 50.9 Å². The first-order chi connectivity index (χ1) is 10.3. The van der Waals surface area contributed by atoms with E-state index in [-0.39, 0.29) is 0 Å². The zero-order valence-corrected chi connectivity index (χ0v) is 14.1. The summed E-state index contributed by atoms with van der Waals surface area (Å²) in [5.74, 6) is 0. The minimum Gasteiger partial charge on any atom is -0.311 e. The van der Waals surface area contributed by atoms with Crippen LogP contribution in [0.2, 0.25) is 0 Å². The first kappa shape index (κ1) is 14.6. The lowest BCUT2D eigenvalue weighted by molar-refractivity contribution is 0.694. The van der Waals surface area contributed by atoms with Gasteiger partial charge in [-0.3, -0.25) is 0 Å². The van der Waals surface area contributed by atoms with Crippen molar-refractivity contribution in [3.63, 3.8) is 0 Å². The van der Waals surface area contributed by atoms with Gasteiger partial charge in [0.05, 0.1) is 5.69 Å². The van der Waals surface area contributed by atoms with E-state index < -0.39 is 0 Å². The van der Waals surface area contributed by atoms with Crippen molar-refractivity contribution in [3.8, 4) is 0 Å². The quantitative estimate of drug-likeness (QED) is 0.731. The van der Waals surface area contributed by atoms with Crippen molar-refractivity contribution in [1.29, 1.82) is 0 Å². The van der Waals surface area contributed by atoms with Gasteiger partial charge in [0.1, 0.15) is 10.7 Å². The maximum Gasteiger partial charge on any atom is 0.138 e. The number of nitrogens with one attached hydrogen (secondary N) is 1. The van der Waals surface area contributed by atoms with Gasteiger partial charge in [0, 0.05) is 22.1 Å². The number of imidazole rings is 1. The number of hydrogen-bond donors (Lipinski definition) is 1. The highest BCUT2D eigenvalue weighted by Crippen LogP contribution is 2.35. The number of rotatable bonds is 5. The Balaban J connectivity index is 2.02. The summed E-state index contributed by atoms with van der Waals surface area (Å²) < 4.78 is 3.25. The van der Waals surface area contributed by atoms with Crippen LogP contribution in [-0.4, -0.2) is 15.9 Å². The predicted octanol–water partition coefficient (Wildman–Crippen LogP) is 4.36. The SMILES string of the molecule is CCNCc1c(Sc2ccccc2Br)nc2ccccn12. The number of nitrogens with zero attached hydrogens (tertiary/aromatic N) is 2. The van der Waals surface area contributed by atoms with Gasteiger partial charge in [-0.15, -0.1) is 0 Å². The van der Waals surface area contributed by atoms with Gasteiger partial charge < -0.3 is 9.72 Å². The fourth-order valence-corrected chi connectivity index (χ4v) is 3.62. The van der Waals surface area contributed by atoms with Gasteiger partial charge in [0.15, 0.2) is 0 Å². The summed E-state index contributed by atoms with van der Waals surface area (Å²) >= 11 is 5.30. The number of benzene rings is 1. The Kier molecular flexibility index (Phi) is 4.63. The van der Waals surface area contributed by atoms with E-state index in [1.165, 1.54) is 10.6 Å². The zero-order valence-electron chi connectivity index (χ0n) is 11.7. The van der Waals surface area contributed by atoms with Gasteiger partial charge in [-0.05, 0) is 46.7 Å². The van der Waals surface area contributed by atoms with Crippen LogP contribution >= 0.6 is 27.7 Å². The molecule has 0 unspecified atom stereocenters. The molecule has 0 aliphatic carbocycles. The van der Waals surface area contributed by atoms with Crippen LogP contribution in [0.4, 0.5) is 0 Å². The van der Waals surface area contributed by atoms with Crippen molar-refractivity contribution in [2.24, 2.45) is 0 Å². The lowest BCUT2D eigenvalue weighted by Crippen LogP contribution is -2.13. The zero-order chi connectivity index (χ0) is 14.7. The molecule has 1 N–H and O–H groups in total. The Morgan fingerprint density at radius 3 is 2.81 bits per heavy atom. The largest absolute Gasteiger partial charge is 0.311 e. The Labute approximate surface area is 136 Å². The summed E-state index contributed by atoms with van der Waals surface area (Å²) in [6.45, 7) is 3.87. The minimum absolute atomic E-state index is 0.814. The molecule has 0 aliphatic heterocycles. The molecule has 3 nitrogen and oxygen atoms in total. The number of hydrogen-bond acceptors (Lipinski definition) is 3. The average molecular weight is 362 g/mol. The predicted molar refractivity (Wildman–Crippen MR) is 90.8 cm³/mol. The first-order valence-electron chi connectivity index (χ1n) is 6.88. The molecule has 0 saturated heterocycles. The maximum atomic E-state index is 4.77. The van der Waals surface area contributed by atoms with Crippen molar-refractivity contribution in [3.05, 3.63) is 58.8 Å². The second kappa shape index (κ2) is 6.64. The highest BCUT2D eigenvalue weighted by atomic mass is 79.9. The smallest absolute Gasteiger partial charge is 0.138 e. The van der Waals surface area contributed by atoms with Crippen LogP contribution in [0.15, 0.2) is 63.1 Å². The van der Waals surface area contributed by atoms with Crippen LogP contribution in [-0.2, 0) is 6.54 Å². The Morgan fingerprint density at radius 2 is 2.00 bits per heavy atom. The molecule has 21 heavy (non-hydrogen) atoms. The lowest BCUT2D eigenvalue weighted by Gasteiger charge is -2.06. The molecule has 3 aromatic rings. The molecule has 0 bridgehead atoms. The minimum atomic E-state index is 0.814. The van der Waals surface area contributed by atoms with E-state index in [1.54, 1.807) is 11.8 Å². The molecule has 0 atom stereocenters. The molecule has 5 heteroatoms. The highest BCUT2D eigenvalue weighted by Gasteiger charge is 2.13. The van der Waals surface area contributed by atoms with Crippen molar-refractivity contribution in [2.75, 3.05) is 6.54 Å². The van der Waals surface area contributed by atoms with Crippen molar-refractivity contribution < 1.29 is 0 Å². The fourth-order valence-electron chi connectivity index (χ4n) is 2.14. The molecule has 1 aromatic carbocycles. The summed E-state index contributed by atoms with van der Waals surface area (Å²) in [5, 5.41) is 4.45. The standard InChI is InChI=1S/C16H16BrN3S/c1-2-18-11-13-16(19-15-9-5-6-10-20(13)15)21-14-8-4-3-7-12(14)17/h3-10,18H,2,11H2,1H3. The van der Waals surface area contributed by atoms with E-state index in [0.29, 0.717) is 0 Å². The number of fused-ring (bicyclic) bond motifs is 1. The van der Waals surface area contributed by atoms with Crippen LogP contribution in [0, 0.1) is 0 Å². The molecule has 2 aromatic heterocycles. The molecule has 0 saturated carbocycles. The summed E-state index contributed by atoms with van der Waals surface area (Å²) in [7, 11) is 0.